The molecule has 0 fully saturated rings. The van der Waals surface area contributed by atoms with Crippen LogP contribution >= 0.6 is 35.6 Å². The van der Waals surface area contributed by atoms with E-state index in [9.17, 15) is 13.6 Å². The second-order valence-corrected chi connectivity index (χ2v) is 5.45. The van der Waals surface area contributed by atoms with Crippen molar-refractivity contribution in [3.63, 3.8) is 0 Å². The van der Waals surface area contributed by atoms with E-state index < -0.39 is 6.61 Å². The lowest BCUT2D eigenvalue weighted by Gasteiger charge is -2.15. The van der Waals surface area contributed by atoms with Crippen LogP contribution in [0.2, 0.25) is 5.02 Å². The van der Waals surface area contributed by atoms with Crippen molar-refractivity contribution in [3.05, 3.63) is 28.8 Å². The molecule has 1 aromatic carbocycles. The molecule has 1 aromatic rings. The van der Waals surface area contributed by atoms with Crippen LogP contribution in [-0.2, 0) is 16.1 Å². The van der Waals surface area contributed by atoms with Crippen molar-refractivity contribution in [1.82, 2.24) is 10.6 Å². The van der Waals surface area contributed by atoms with Crippen LogP contribution < -0.4 is 15.4 Å². The minimum Gasteiger partial charge on any atom is -0.469 e. The first-order valence-electron chi connectivity index (χ1n) is 7.70. The molecule has 0 heterocycles. The number of hydrogen-bond acceptors (Lipinski definition) is 4. The topological polar surface area (TPSA) is 72.0 Å². The highest BCUT2D eigenvalue weighted by molar-refractivity contribution is 14.0. The summed E-state index contributed by atoms with van der Waals surface area (Å²) in [5.41, 5.74) is 0.487. The maximum Gasteiger partial charge on any atom is 0.387 e. The number of halogens is 4. The van der Waals surface area contributed by atoms with Crippen molar-refractivity contribution in [2.24, 2.45) is 4.99 Å². The largest absolute Gasteiger partial charge is 0.469 e. The van der Waals surface area contributed by atoms with Crippen LogP contribution in [0.1, 0.15) is 24.8 Å². The van der Waals surface area contributed by atoms with Gasteiger partial charge in [-0.2, -0.15) is 8.78 Å². The number of carbonyl (C=O) groups excluding carboxylic acids is 1. The van der Waals surface area contributed by atoms with E-state index in [1.165, 1.54) is 19.2 Å². The van der Waals surface area contributed by atoms with Gasteiger partial charge >= 0.3 is 12.6 Å². The summed E-state index contributed by atoms with van der Waals surface area (Å²) in [6.07, 6.45) is 1.81. The van der Waals surface area contributed by atoms with Gasteiger partial charge in [-0.15, -0.1) is 24.0 Å². The zero-order chi connectivity index (χ0) is 18.7. The SMILES string of the molecule is CN=C(NCCCCC(=O)OC)NCc1cc(Cl)ccc1OC(F)F.I. The maximum absolute atomic E-state index is 12.4. The molecule has 0 saturated heterocycles. The Bertz CT molecular complexity index is 592. The summed E-state index contributed by atoms with van der Waals surface area (Å²) in [6, 6.07) is 4.43. The van der Waals surface area contributed by atoms with Crippen molar-refractivity contribution in [2.45, 2.75) is 32.4 Å². The lowest BCUT2D eigenvalue weighted by atomic mass is 10.2. The van der Waals surface area contributed by atoms with E-state index >= 15 is 0 Å². The van der Waals surface area contributed by atoms with Gasteiger partial charge in [0.25, 0.3) is 0 Å². The van der Waals surface area contributed by atoms with E-state index in [0.29, 0.717) is 35.9 Å². The molecule has 0 aliphatic heterocycles. The molecule has 0 saturated carbocycles. The predicted molar refractivity (Wildman–Crippen MR) is 108 cm³/mol. The standard InChI is InChI=1S/C16H22ClF2N3O3.HI/c1-20-16(21-8-4-3-5-14(23)24-2)22-10-11-9-12(17)6-7-13(11)25-15(18)19;/h6-7,9,15H,3-5,8,10H2,1-2H3,(H2,20,21,22);1H. The molecule has 6 nitrogen and oxygen atoms in total. The van der Waals surface area contributed by atoms with Crippen LogP contribution in [0.3, 0.4) is 0 Å². The van der Waals surface area contributed by atoms with Gasteiger partial charge in [0, 0.05) is 37.1 Å². The minimum absolute atomic E-state index is 0. The quantitative estimate of drug-likeness (QED) is 0.177. The van der Waals surface area contributed by atoms with Gasteiger partial charge in [0.05, 0.1) is 7.11 Å². The number of esters is 1. The van der Waals surface area contributed by atoms with E-state index in [1.54, 1.807) is 13.1 Å². The van der Waals surface area contributed by atoms with Crippen LogP contribution in [0.5, 0.6) is 5.75 Å². The third-order valence-corrected chi connectivity index (χ3v) is 3.47. The molecule has 1 rings (SSSR count). The average molecular weight is 506 g/mol. The number of guanidine groups is 1. The molecule has 0 amide bonds. The average Bonchev–Trinajstić information content (AvgIpc) is 2.58. The number of methoxy groups -OCH3 is 1. The van der Waals surface area contributed by atoms with Crippen molar-refractivity contribution in [2.75, 3.05) is 20.7 Å². The third kappa shape index (κ3) is 9.95. The molecule has 26 heavy (non-hydrogen) atoms. The zero-order valence-corrected chi connectivity index (χ0v) is 17.6. The number of unbranched alkanes of at least 4 members (excludes halogenated alkanes) is 1. The number of carbonyl (C=O) groups is 1. The first-order valence-corrected chi connectivity index (χ1v) is 8.08. The molecule has 10 heteroatoms. The van der Waals surface area contributed by atoms with Gasteiger partial charge in [-0.1, -0.05) is 11.6 Å². The highest BCUT2D eigenvalue weighted by Gasteiger charge is 2.11. The molecule has 0 radical (unpaired) electrons. The van der Waals surface area contributed by atoms with Crippen molar-refractivity contribution in [3.8, 4) is 5.75 Å². The summed E-state index contributed by atoms with van der Waals surface area (Å²) >= 11 is 5.90. The summed E-state index contributed by atoms with van der Waals surface area (Å²) < 4.78 is 33.9. The Morgan fingerprint density at radius 1 is 1.31 bits per heavy atom. The normalized spacial score (nSPS) is 10.9. The number of aliphatic imine (C=N–C) groups is 1. The molecule has 0 aliphatic rings. The summed E-state index contributed by atoms with van der Waals surface area (Å²) in [7, 11) is 2.95. The Balaban J connectivity index is 0.00000625. The first-order chi connectivity index (χ1) is 12.0. The van der Waals surface area contributed by atoms with Gasteiger partial charge in [0.15, 0.2) is 5.96 Å². The van der Waals surface area contributed by atoms with Crippen LogP contribution in [0.25, 0.3) is 0 Å². The molecule has 0 aliphatic carbocycles. The monoisotopic (exact) mass is 505 g/mol. The zero-order valence-electron chi connectivity index (χ0n) is 14.6. The van der Waals surface area contributed by atoms with Gasteiger partial charge < -0.3 is 20.1 Å². The lowest BCUT2D eigenvalue weighted by Crippen LogP contribution is -2.37. The third-order valence-electron chi connectivity index (χ3n) is 3.24. The Morgan fingerprint density at radius 2 is 2.04 bits per heavy atom. The second kappa shape index (κ2) is 13.8. The molecule has 148 valence electrons. The van der Waals surface area contributed by atoms with E-state index in [-0.39, 0.29) is 42.2 Å². The van der Waals surface area contributed by atoms with Gasteiger partial charge in [-0.3, -0.25) is 9.79 Å². The molecular weight excluding hydrogens is 483 g/mol. The fraction of sp³-hybridized carbons (Fsp3) is 0.500. The molecule has 0 unspecified atom stereocenters. The summed E-state index contributed by atoms with van der Waals surface area (Å²) in [4.78, 5) is 15.1. The predicted octanol–water partition coefficient (Wildman–Crippen LogP) is 3.57. The molecular formula is C16H23ClF2IN3O3. The Labute approximate surface area is 173 Å². The van der Waals surface area contributed by atoms with Crippen molar-refractivity contribution in [1.29, 1.82) is 0 Å². The summed E-state index contributed by atoms with van der Waals surface area (Å²) in [5, 5.41) is 6.49. The Morgan fingerprint density at radius 3 is 2.65 bits per heavy atom. The fourth-order valence-electron chi connectivity index (χ4n) is 2.00. The number of rotatable bonds is 9. The first kappa shape index (κ1) is 24.6. The van der Waals surface area contributed by atoms with Gasteiger partial charge in [-0.05, 0) is 31.0 Å². The Kier molecular flexibility index (Phi) is 13.1. The molecule has 0 spiro atoms. The maximum atomic E-state index is 12.4. The second-order valence-electron chi connectivity index (χ2n) is 5.02. The number of alkyl halides is 2. The van der Waals surface area contributed by atoms with Gasteiger partial charge in [0.1, 0.15) is 5.75 Å². The number of hydrogen-bond donors (Lipinski definition) is 2. The van der Waals surface area contributed by atoms with Crippen molar-refractivity contribution < 1.29 is 23.0 Å². The van der Waals surface area contributed by atoms with Crippen LogP contribution in [0.15, 0.2) is 23.2 Å². The minimum atomic E-state index is -2.91. The van der Waals surface area contributed by atoms with E-state index in [0.717, 1.165) is 6.42 Å². The van der Waals surface area contributed by atoms with E-state index in [4.69, 9.17) is 11.6 Å². The summed E-state index contributed by atoms with van der Waals surface area (Å²) in [5.74, 6) is 0.316. The molecule has 0 aromatic heterocycles. The highest BCUT2D eigenvalue weighted by atomic mass is 127. The highest BCUT2D eigenvalue weighted by Crippen LogP contribution is 2.24. The fourth-order valence-corrected chi connectivity index (χ4v) is 2.19. The number of nitrogens with one attached hydrogen (secondary N) is 2. The number of benzene rings is 1. The van der Waals surface area contributed by atoms with Crippen LogP contribution in [0.4, 0.5) is 8.78 Å². The van der Waals surface area contributed by atoms with Crippen LogP contribution in [-0.4, -0.2) is 39.2 Å². The van der Waals surface area contributed by atoms with Gasteiger partial charge in [-0.25, -0.2) is 0 Å². The number of nitrogens with zero attached hydrogens (tertiary/aromatic N) is 1. The Hall–Kier alpha value is -1.36. The smallest absolute Gasteiger partial charge is 0.387 e. The van der Waals surface area contributed by atoms with Gasteiger partial charge in [0.2, 0.25) is 0 Å². The lowest BCUT2D eigenvalue weighted by molar-refractivity contribution is -0.140. The van der Waals surface area contributed by atoms with Crippen LogP contribution in [0, 0.1) is 0 Å². The molecule has 0 bridgehead atoms. The molecule has 2 N–H and O–H groups in total. The van der Waals surface area contributed by atoms with E-state index in [1.807, 2.05) is 0 Å². The molecule has 0 atom stereocenters. The summed E-state index contributed by atoms with van der Waals surface area (Å²) in [6.45, 7) is -2.09. The number of ether oxygens (including phenoxy) is 2. The van der Waals surface area contributed by atoms with E-state index in [2.05, 4.69) is 25.1 Å². The van der Waals surface area contributed by atoms with Crippen molar-refractivity contribution >= 4 is 47.5 Å².